The Hall–Kier alpha value is -6.19. The second kappa shape index (κ2) is 17.1. The van der Waals surface area contributed by atoms with Crippen LogP contribution in [0.25, 0.3) is 88.3 Å². The van der Waals surface area contributed by atoms with Gasteiger partial charge in [0.25, 0.3) is 0 Å². The molecule has 4 heteroatoms. The number of furan rings is 1. The van der Waals surface area contributed by atoms with Crippen molar-refractivity contribution in [2.75, 3.05) is 0 Å². The molecule has 3 heterocycles. The number of hydrogen-bond donors (Lipinski definition) is 0. The molecule has 0 bridgehead atoms. The van der Waals surface area contributed by atoms with Crippen LogP contribution in [-0.4, -0.2) is 9.97 Å². The Labute approximate surface area is 392 Å². The molecule has 0 fully saturated rings. The molecule has 0 N–H and O–H groups in total. The van der Waals surface area contributed by atoms with Crippen LogP contribution in [0.1, 0.15) is 67.8 Å². The largest absolute Gasteiger partial charge is 0.501 e. The van der Waals surface area contributed by atoms with E-state index < -0.39 is 39.2 Å². The number of nitrogens with zero attached hydrogens (tertiary/aromatic N) is 2. The van der Waals surface area contributed by atoms with Crippen molar-refractivity contribution in [1.29, 1.82) is 0 Å². The summed E-state index contributed by atoms with van der Waals surface area (Å²) in [6, 6.07) is 47.7. The molecule has 0 aliphatic rings. The van der Waals surface area contributed by atoms with Crippen LogP contribution in [0.2, 0.25) is 0 Å². The zero-order chi connectivity index (χ0) is 53.3. The first kappa shape index (κ1) is 27.6. The summed E-state index contributed by atoms with van der Waals surface area (Å²) < 4.78 is 119. The van der Waals surface area contributed by atoms with E-state index in [1.807, 2.05) is 75.4 Å². The van der Waals surface area contributed by atoms with E-state index in [4.69, 9.17) is 23.6 Å². The fourth-order valence-electron chi connectivity index (χ4n) is 7.58. The molecular weight excluding hydrogens is 921 g/mol. The Kier molecular flexibility index (Phi) is 7.72. The standard InChI is InChI=1S/C34H24NO.C23H24N.Ir/c1-20-11-14-25(21(2)15-20)29-17-32(35-19-22(29)3)28-10-6-9-27-31-16-24-13-12-23-7-4-5-8-26(23)30(24)18-33(31)36-34(27)28;1-17-10-12-20(14-21(17)19-8-6-5-7-9-19)22-13-11-18(16-24-22)15-23(2,3)4;/h4-9,11-19H,1-3H3;5-11,13-14,16H,15H2,1-4H3;/q2*-1;/i1D3,2D3,3D3;1D3,15D2;. The van der Waals surface area contributed by atoms with Crippen molar-refractivity contribution in [2.45, 2.75) is 54.6 Å². The third-order valence-electron chi connectivity index (χ3n) is 10.4. The van der Waals surface area contributed by atoms with Crippen LogP contribution in [0.5, 0.6) is 0 Å². The van der Waals surface area contributed by atoms with Crippen molar-refractivity contribution in [2.24, 2.45) is 5.41 Å². The van der Waals surface area contributed by atoms with E-state index in [0.717, 1.165) is 43.9 Å². The second-order valence-electron chi connectivity index (χ2n) is 15.8. The van der Waals surface area contributed by atoms with E-state index in [2.05, 4.69) is 52.4 Å². The number of benzene rings is 7. The molecule has 0 amide bonds. The minimum Gasteiger partial charge on any atom is -0.501 e. The summed E-state index contributed by atoms with van der Waals surface area (Å²) in [4.78, 5) is 8.93. The normalized spacial score (nSPS) is 15.9. The summed E-state index contributed by atoms with van der Waals surface area (Å²) >= 11 is 0. The maximum Gasteiger partial charge on any atom is 0.121 e. The third-order valence-corrected chi connectivity index (χ3v) is 10.4. The molecular formula is C57H48IrN2O-2. The fourth-order valence-corrected chi connectivity index (χ4v) is 7.58. The molecule has 7 aromatic carbocycles. The monoisotopic (exact) mass is 983 g/mol. The molecule has 0 atom stereocenters. The van der Waals surface area contributed by atoms with Gasteiger partial charge in [0, 0.05) is 57.1 Å². The van der Waals surface area contributed by atoms with Gasteiger partial charge in [-0.25, -0.2) is 0 Å². The van der Waals surface area contributed by atoms with Crippen LogP contribution >= 0.6 is 0 Å². The van der Waals surface area contributed by atoms with Gasteiger partial charge in [-0.05, 0) is 111 Å². The Balaban J connectivity index is 0.000000216. The summed E-state index contributed by atoms with van der Waals surface area (Å²) in [7, 11) is 0. The number of aryl methyl sites for hydroxylation is 4. The van der Waals surface area contributed by atoms with E-state index >= 15 is 0 Å². The zero-order valence-electron chi connectivity index (χ0n) is 47.6. The Morgan fingerprint density at radius 2 is 1.41 bits per heavy atom. The summed E-state index contributed by atoms with van der Waals surface area (Å²) in [6.45, 7) is -4.58. The molecule has 0 spiro atoms. The quantitative estimate of drug-likeness (QED) is 0.127. The van der Waals surface area contributed by atoms with Gasteiger partial charge in [-0.1, -0.05) is 153 Å². The van der Waals surface area contributed by atoms with Crippen molar-refractivity contribution in [1.82, 2.24) is 9.97 Å². The Bertz CT molecular complexity index is 3740. The predicted octanol–water partition coefficient (Wildman–Crippen LogP) is 15.5. The van der Waals surface area contributed by atoms with Crippen molar-refractivity contribution in [3.8, 4) is 44.8 Å². The molecule has 1 radical (unpaired) electrons. The molecule has 3 aromatic heterocycles. The molecule has 0 aliphatic heterocycles. The van der Waals surface area contributed by atoms with Crippen LogP contribution in [0.4, 0.5) is 0 Å². The minimum atomic E-state index is -2.72. The smallest absolute Gasteiger partial charge is 0.121 e. The van der Waals surface area contributed by atoms with E-state index in [0.29, 0.717) is 44.8 Å². The number of rotatable bonds is 5. The maximum absolute atomic E-state index is 8.39. The summed E-state index contributed by atoms with van der Waals surface area (Å²) in [5.74, 6) is 0. The van der Waals surface area contributed by atoms with Gasteiger partial charge in [-0.2, -0.15) is 0 Å². The summed E-state index contributed by atoms with van der Waals surface area (Å²) in [5, 5.41) is 6.03. The van der Waals surface area contributed by atoms with Gasteiger partial charge in [0.1, 0.15) is 5.58 Å². The Morgan fingerprint density at radius 1 is 0.607 bits per heavy atom. The molecule has 10 aromatic rings. The zero-order valence-corrected chi connectivity index (χ0v) is 36.0. The van der Waals surface area contributed by atoms with Gasteiger partial charge in [0.05, 0.1) is 5.58 Å². The van der Waals surface area contributed by atoms with Gasteiger partial charge in [0.15, 0.2) is 0 Å². The van der Waals surface area contributed by atoms with Gasteiger partial charge in [0.2, 0.25) is 0 Å². The van der Waals surface area contributed by atoms with Crippen molar-refractivity contribution in [3.63, 3.8) is 0 Å². The van der Waals surface area contributed by atoms with Crippen LogP contribution in [-0.2, 0) is 26.5 Å². The van der Waals surface area contributed by atoms with Gasteiger partial charge < -0.3 is 14.4 Å². The van der Waals surface area contributed by atoms with Gasteiger partial charge >= 0.3 is 0 Å². The molecule has 0 unspecified atom stereocenters. The molecule has 0 saturated heterocycles. The van der Waals surface area contributed by atoms with Gasteiger partial charge in [-0.3, -0.25) is 0 Å². The topological polar surface area (TPSA) is 38.9 Å². The van der Waals surface area contributed by atoms with Crippen molar-refractivity contribution in [3.05, 3.63) is 192 Å². The van der Waals surface area contributed by atoms with E-state index in [1.165, 1.54) is 30.5 Å². The van der Waals surface area contributed by atoms with E-state index in [9.17, 15) is 0 Å². The van der Waals surface area contributed by atoms with Crippen LogP contribution in [0, 0.1) is 45.0 Å². The first-order valence-electron chi connectivity index (χ1n) is 26.5. The van der Waals surface area contributed by atoms with E-state index in [-0.39, 0.29) is 53.5 Å². The Morgan fingerprint density at radius 3 is 2.20 bits per heavy atom. The van der Waals surface area contributed by atoms with Crippen LogP contribution in [0.3, 0.4) is 0 Å². The SMILES string of the molecule is [2H]C([2H])([2H])c1c[c-]c(-c2ccc(C([2H])([2H])C(C)(C)C)cn2)cc1-c1ccccc1.[2H]C([2H])([2H])c1ccc(-c2cc(-c3[c-]ccc4c3oc3cc5c(ccc6ccccc65)cc34)ncc2C([2H])([2H])[2H])c(C([2H])([2H])[2H])c1.[Ir]. The van der Waals surface area contributed by atoms with Crippen molar-refractivity contribution < 1.29 is 43.7 Å². The molecule has 61 heavy (non-hydrogen) atoms. The predicted molar refractivity (Wildman–Crippen MR) is 252 cm³/mol. The summed E-state index contributed by atoms with van der Waals surface area (Å²) in [5.41, 5.74) is 4.51. The molecule has 3 nitrogen and oxygen atoms in total. The average molecular weight is 983 g/mol. The molecule has 303 valence electrons. The molecule has 10 rings (SSSR count). The van der Waals surface area contributed by atoms with Crippen LogP contribution in [0.15, 0.2) is 156 Å². The average Bonchev–Trinajstić information content (AvgIpc) is 3.72. The number of pyridine rings is 2. The number of aromatic nitrogens is 2. The first-order chi connectivity index (χ1) is 34.6. The fraction of sp³-hybridized carbons (Fsp3) is 0.158. The third kappa shape index (κ3) is 8.57. The minimum absolute atomic E-state index is 0. The number of fused-ring (bicyclic) bond motifs is 6. The van der Waals surface area contributed by atoms with Crippen molar-refractivity contribution >= 4 is 43.5 Å². The number of hydrogen-bond acceptors (Lipinski definition) is 3. The first-order valence-corrected chi connectivity index (χ1v) is 19.5. The van der Waals surface area contributed by atoms with Gasteiger partial charge in [-0.15, -0.1) is 47.5 Å². The summed E-state index contributed by atoms with van der Waals surface area (Å²) in [6.07, 6.45) is 1.24. The molecule has 0 saturated carbocycles. The molecule has 0 aliphatic carbocycles. The van der Waals surface area contributed by atoms with E-state index in [1.54, 1.807) is 30.5 Å². The van der Waals surface area contributed by atoms with Crippen LogP contribution < -0.4 is 0 Å². The maximum atomic E-state index is 8.39. The second-order valence-corrected chi connectivity index (χ2v) is 15.8.